The maximum Gasteiger partial charge on any atom is 0.227 e. The molecule has 0 bridgehead atoms. The van der Waals surface area contributed by atoms with E-state index in [9.17, 15) is 9.90 Å². The van der Waals surface area contributed by atoms with Gasteiger partial charge in [-0.3, -0.25) is 4.79 Å². The number of carbonyl (C=O) groups excluding carboxylic acids is 1. The number of amides is 1. The summed E-state index contributed by atoms with van der Waals surface area (Å²) in [5.74, 6) is 0.0737. The molecule has 3 heterocycles. The second-order valence-corrected chi connectivity index (χ2v) is 7.89. The lowest BCUT2D eigenvalue weighted by Gasteiger charge is -2.46. The molecule has 2 aromatic rings. The number of piperidine rings is 1. The third kappa shape index (κ3) is 3.13. The molecule has 2 aliphatic heterocycles. The molecule has 26 heavy (non-hydrogen) atoms. The molecule has 2 fully saturated rings. The maximum atomic E-state index is 12.8. The van der Waals surface area contributed by atoms with Gasteiger partial charge in [-0.15, -0.1) is 0 Å². The number of aryl methyl sites for hydroxylation is 1. The van der Waals surface area contributed by atoms with Crippen molar-refractivity contribution in [2.45, 2.75) is 50.7 Å². The van der Waals surface area contributed by atoms with Crippen LogP contribution in [0, 0.1) is 6.92 Å². The first-order chi connectivity index (χ1) is 12.5. The second-order valence-electron chi connectivity index (χ2n) is 7.49. The number of aliphatic hydroxyl groups excluding tert-OH is 1. The summed E-state index contributed by atoms with van der Waals surface area (Å²) in [4.78, 5) is 14.6. The highest BCUT2D eigenvalue weighted by atomic mass is 35.5. The monoisotopic (exact) mass is 377 g/mol. The first-order valence-corrected chi connectivity index (χ1v) is 9.62. The lowest BCUT2D eigenvalue weighted by Crippen LogP contribution is -2.56. The fourth-order valence-corrected chi connectivity index (χ4v) is 4.30. The van der Waals surface area contributed by atoms with Crippen molar-refractivity contribution in [3.8, 4) is 0 Å². The third-order valence-electron chi connectivity index (χ3n) is 5.86. The largest absolute Gasteiger partial charge is 0.464 e. The van der Waals surface area contributed by atoms with Crippen LogP contribution >= 0.6 is 11.6 Å². The van der Waals surface area contributed by atoms with Gasteiger partial charge in [0, 0.05) is 35.7 Å². The van der Waals surface area contributed by atoms with Gasteiger partial charge in [0.25, 0.3) is 0 Å². The minimum atomic E-state index is -0.456. The normalized spacial score (nSPS) is 22.9. The molecule has 0 unspecified atom stereocenters. The van der Waals surface area contributed by atoms with E-state index in [0.29, 0.717) is 44.0 Å². The average molecular weight is 378 g/mol. The van der Waals surface area contributed by atoms with E-state index in [1.54, 1.807) is 6.26 Å². The van der Waals surface area contributed by atoms with Crippen LogP contribution in [0.15, 0.2) is 22.8 Å². The van der Waals surface area contributed by atoms with Gasteiger partial charge in [0.15, 0.2) is 0 Å². The standard InChI is InChI=1S/C20H24ClNO4/c1-13-9-17-15(11-16(13)21)14(12-25-17)10-19(24)22-6-4-20(5-7-22)18(23)3-2-8-26-20/h9,11-12,18,23H,2-8,10H2,1H3/t18-/m0/s1. The van der Waals surface area contributed by atoms with Gasteiger partial charge in [0.2, 0.25) is 5.91 Å². The number of hydrogen-bond donors (Lipinski definition) is 1. The Bertz CT molecular complexity index is 823. The lowest BCUT2D eigenvalue weighted by molar-refractivity contribution is -0.179. The van der Waals surface area contributed by atoms with Crippen molar-refractivity contribution >= 4 is 28.5 Å². The Morgan fingerprint density at radius 1 is 1.38 bits per heavy atom. The van der Waals surface area contributed by atoms with Crippen molar-refractivity contribution < 1.29 is 19.1 Å². The van der Waals surface area contributed by atoms with Crippen LogP contribution in [-0.2, 0) is 16.0 Å². The van der Waals surface area contributed by atoms with Crippen molar-refractivity contribution in [1.82, 2.24) is 4.90 Å². The molecule has 1 amide bonds. The number of rotatable bonds is 2. The quantitative estimate of drug-likeness (QED) is 0.870. The molecule has 6 heteroatoms. The maximum absolute atomic E-state index is 12.8. The molecule has 0 saturated carbocycles. The van der Waals surface area contributed by atoms with E-state index < -0.39 is 11.7 Å². The smallest absolute Gasteiger partial charge is 0.227 e. The number of aliphatic hydroxyl groups is 1. The van der Waals surface area contributed by atoms with Gasteiger partial charge in [0.05, 0.1) is 24.4 Å². The molecule has 0 aliphatic carbocycles. The zero-order valence-electron chi connectivity index (χ0n) is 15.0. The van der Waals surface area contributed by atoms with Crippen LogP contribution < -0.4 is 0 Å². The molecule has 2 aliphatic rings. The second kappa shape index (κ2) is 6.87. The fourth-order valence-electron chi connectivity index (χ4n) is 4.14. The number of carbonyl (C=O) groups is 1. The van der Waals surface area contributed by atoms with Gasteiger partial charge in [-0.2, -0.15) is 0 Å². The van der Waals surface area contributed by atoms with Crippen LogP contribution in [-0.4, -0.2) is 47.3 Å². The fraction of sp³-hybridized carbons (Fsp3) is 0.550. The van der Waals surface area contributed by atoms with Crippen molar-refractivity contribution in [3.05, 3.63) is 34.5 Å². The summed E-state index contributed by atoms with van der Waals surface area (Å²) in [5.41, 5.74) is 2.12. The van der Waals surface area contributed by atoms with Crippen LogP contribution in [0.25, 0.3) is 11.0 Å². The molecular formula is C20H24ClNO4. The van der Waals surface area contributed by atoms with Gasteiger partial charge in [-0.05, 0) is 50.3 Å². The molecular weight excluding hydrogens is 354 g/mol. The van der Waals surface area contributed by atoms with E-state index >= 15 is 0 Å². The number of furan rings is 1. The minimum Gasteiger partial charge on any atom is -0.464 e. The molecule has 1 atom stereocenters. The highest BCUT2D eigenvalue weighted by Gasteiger charge is 2.44. The summed E-state index contributed by atoms with van der Waals surface area (Å²) < 4.78 is 11.5. The Labute approximate surface area is 157 Å². The zero-order valence-corrected chi connectivity index (χ0v) is 15.7. The van der Waals surface area contributed by atoms with Gasteiger partial charge in [-0.25, -0.2) is 0 Å². The van der Waals surface area contributed by atoms with Crippen LogP contribution in [0.2, 0.25) is 5.02 Å². The number of fused-ring (bicyclic) bond motifs is 1. The summed E-state index contributed by atoms with van der Waals surface area (Å²) in [7, 11) is 0. The van der Waals surface area contributed by atoms with Crippen molar-refractivity contribution in [1.29, 1.82) is 0 Å². The molecule has 140 valence electrons. The summed E-state index contributed by atoms with van der Waals surface area (Å²) >= 11 is 6.22. The zero-order chi connectivity index (χ0) is 18.3. The first-order valence-electron chi connectivity index (χ1n) is 9.24. The number of halogens is 1. The molecule has 4 rings (SSSR count). The molecule has 5 nitrogen and oxygen atoms in total. The van der Waals surface area contributed by atoms with E-state index in [2.05, 4.69) is 0 Å². The number of ether oxygens (including phenoxy) is 1. The molecule has 1 aromatic carbocycles. The van der Waals surface area contributed by atoms with Gasteiger partial charge >= 0.3 is 0 Å². The molecule has 2 saturated heterocycles. The highest BCUT2D eigenvalue weighted by molar-refractivity contribution is 6.32. The SMILES string of the molecule is Cc1cc2occ(CC(=O)N3CCC4(CC3)OCCC[C@@H]4O)c2cc1Cl. The third-order valence-corrected chi connectivity index (χ3v) is 6.27. The Hall–Kier alpha value is -1.56. The number of benzene rings is 1. The van der Waals surface area contributed by atoms with Crippen LogP contribution in [0.4, 0.5) is 0 Å². The lowest BCUT2D eigenvalue weighted by atomic mass is 9.82. The highest BCUT2D eigenvalue weighted by Crippen LogP contribution is 2.35. The summed E-state index contributed by atoms with van der Waals surface area (Å²) in [6.45, 7) is 3.86. The molecule has 1 N–H and O–H groups in total. The topological polar surface area (TPSA) is 62.9 Å². The molecule has 1 aromatic heterocycles. The Morgan fingerprint density at radius 3 is 2.88 bits per heavy atom. The molecule has 1 spiro atoms. The van der Waals surface area contributed by atoms with Gasteiger partial charge in [0.1, 0.15) is 5.58 Å². The Morgan fingerprint density at radius 2 is 2.15 bits per heavy atom. The predicted molar refractivity (Wildman–Crippen MR) is 99.4 cm³/mol. The van der Waals surface area contributed by atoms with Crippen molar-refractivity contribution in [2.24, 2.45) is 0 Å². The Kier molecular flexibility index (Phi) is 4.71. The van der Waals surface area contributed by atoms with Crippen molar-refractivity contribution in [2.75, 3.05) is 19.7 Å². The van der Waals surface area contributed by atoms with Gasteiger partial charge in [-0.1, -0.05) is 11.6 Å². The summed E-state index contributed by atoms with van der Waals surface area (Å²) in [6.07, 6.45) is 4.60. The van der Waals surface area contributed by atoms with Crippen LogP contribution in [0.3, 0.4) is 0 Å². The number of hydrogen-bond acceptors (Lipinski definition) is 4. The van der Waals surface area contributed by atoms with E-state index in [1.165, 1.54) is 0 Å². The number of nitrogens with zero attached hydrogens (tertiary/aromatic N) is 1. The predicted octanol–water partition coefficient (Wildman–Crippen LogP) is 3.47. The molecule has 0 radical (unpaired) electrons. The minimum absolute atomic E-state index is 0.0737. The average Bonchev–Trinajstić information content (AvgIpc) is 3.00. The van der Waals surface area contributed by atoms with Crippen LogP contribution in [0.1, 0.15) is 36.8 Å². The van der Waals surface area contributed by atoms with Gasteiger partial charge < -0.3 is 19.2 Å². The number of likely N-dealkylation sites (tertiary alicyclic amines) is 1. The van der Waals surface area contributed by atoms with E-state index in [0.717, 1.165) is 34.9 Å². The van der Waals surface area contributed by atoms with Crippen molar-refractivity contribution in [3.63, 3.8) is 0 Å². The Balaban J connectivity index is 1.44. The summed E-state index contributed by atoms with van der Waals surface area (Å²) in [6, 6.07) is 3.77. The van der Waals surface area contributed by atoms with E-state index in [-0.39, 0.29) is 5.91 Å². The van der Waals surface area contributed by atoms with Crippen LogP contribution in [0.5, 0.6) is 0 Å². The summed E-state index contributed by atoms with van der Waals surface area (Å²) in [5, 5.41) is 11.9. The van der Waals surface area contributed by atoms with E-state index in [1.807, 2.05) is 24.0 Å². The van der Waals surface area contributed by atoms with E-state index in [4.69, 9.17) is 20.8 Å². The first kappa shape index (κ1) is 17.8.